The summed E-state index contributed by atoms with van der Waals surface area (Å²) in [6, 6.07) is 11.2. The Kier molecular flexibility index (Phi) is 5.43. The van der Waals surface area contributed by atoms with Crippen molar-refractivity contribution in [2.45, 2.75) is 26.4 Å². The molecule has 0 saturated carbocycles. The molecular formula is C20H22N4O2. The highest BCUT2D eigenvalue weighted by Crippen LogP contribution is 2.20. The van der Waals surface area contributed by atoms with Gasteiger partial charge in [-0.05, 0) is 43.2 Å². The molecule has 2 heterocycles. The molecular weight excluding hydrogens is 328 g/mol. The molecule has 0 bridgehead atoms. The Hall–Kier alpha value is -2.99. The van der Waals surface area contributed by atoms with Crippen LogP contribution in [0, 0.1) is 6.92 Å². The average Bonchev–Trinajstić information content (AvgIpc) is 3.11. The van der Waals surface area contributed by atoms with Crippen LogP contribution < -0.4 is 5.32 Å². The number of aliphatic hydroxyl groups is 1. The fourth-order valence-electron chi connectivity index (χ4n) is 2.65. The number of benzene rings is 1. The number of nitrogens with zero attached hydrogens (tertiary/aromatic N) is 3. The van der Waals surface area contributed by atoms with Crippen LogP contribution in [-0.4, -0.2) is 32.4 Å². The van der Waals surface area contributed by atoms with Crippen LogP contribution in [0.1, 0.15) is 34.6 Å². The summed E-state index contributed by atoms with van der Waals surface area (Å²) < 4.78 is 1.69. The van der Waals surface area contributed by atoms with E-state index in [-0.39, 0.29) is 18.6 Å². The summed E-state index contributed by atoms with van der Waals surface area (Å²) in [6.07, 6.45) is 5.41. The van der Waals surface area contributed by atoms with Gasteiger partial charge < -0.3 is 10.4 Å². The lowest BCUT2D eigenvalue weighted by molar-refractivity contribution is 0.0940. The lowest BCUT2D eigenvalue weighted by Crippen LogP contribution is -2.26. The van der Waals surface area contributed by atoms with E-state index in [9.17, 15) is 4.79 Å². The molecule has 0 aliphatic heterocycles. The van der Waals surface area contributed by atoms with Gasteiger partial charge in [0, 0.05) is 29.2 Å². The number of hydrogen-bond donors (Lipinski definition) is 2. The van der Waals surface area contributed by atoms with Gasteiger partial charge in [-0.25, -0.2) is 0 Å². The van der Waals surface area contributed by atoms with Gasteiger partial charge in [0.15, 0.2) is 0 Å². The summed E-state index contributed by atoms with van der Waals surface area (Å²) in [7, 11) is 0. The van der Waals surface area contributed by atoms with Gasteiger partial charge >= 0.3 is 0 Å². The normalized spacial score (nSPS) is 12.0. The van der Waals surface area contributed by atoms with Crippen LogP contribution in [0.15, 0.2) is 55.0 Å². The molecule has 0 radical (unpaired) electrons. The Morgan fingerprint density at radius 3 is 2.58 bits per heavy atom. The molecule has 2 N–H and O–H groups in total. The van der Waals surface area contributed by atoms with Gasteiger partial charge in [-0.2, -0.15) is 5.10 Å². The van der Waals surface area contributed by atoms with Crippen molar-refractivity contribution in [1.29, 1.82) is 0 Å². The molecule has 0 aliphatic carbocycles. The smallest absolute Gasteiger partial charge is 0.251 e. The van der Waals surface area contributed by atoms with Crippen LogP contribution in [0.25, 0.3) is 11.1 Å². The summed E-state index contributed by atoms with van der Waals surface area (Å²) in [4.78, 5) is 16.7. The molecule has 2 aromatic heterocycles. The fraction of sp³-hybridized carbons (Fsp3) is 0.250. The second kappa shape index (κ2) is 7.93. The average molecular weight is 350 g/mol. The Morgan fingerprint density at radius 2 is 1.92 bits per heavy atom. The van der Waals surface area contributed by atoms with Crippen molar-refractivity contribution >= 4 is 5.91 Å². The van der Waals surface area contributed by atoms with E-state index < -0.39 is 0 Å². The van der Waals surface area contributed by atoms with Crippen LogP contribution in [0.2, 0.25) is 0 Å². The van der Waals surface area contributed by atoms with Gasteiger partial charge in [-0.1, -0.05) is 18.2 Å². The van der Waals surface area contributed by atoms with E-state index in [0.29, 0.717) is 12.1 Å². The summed E-state index contributed by atoms with van der Waals surface area (Å²) in [5.74, 6) is -0.124. The van der Waals surface area contributed by atoms with Gasteiger partial charge in [0.05, 0.1) is 25.4 Å². The third kappa shape index (κ3) is 4.15. The van der Waals surface area contributed by atoms with Gasteiger partial charge in [-0.15, -0.1) is 0 Å². The zero-order chi connectivity index (χ0) is 18.5. The van der Waals surface area contributed by atoms with E-state index in [1.54, 1.807) is 29.2 Å². The number of hydrogen-bond acceptors (Lipinski definition) is 4. The summed E-state index contributed by atoms with van der Waals surface area (Å²) in [5.41, 5.74) is 4.44. The maximum absolute atomic E-state index is 12.5. The molecule has 3 aromatic rings. The van der Waals surface area contributed by atoms with Crippen LogP contribution in [0.3, 0.4) is 0 Å². The van der Waals surface area contributed by atoms with Crippen LogP contribution in [-0.2, 0) is 6.54 Å². The highest BCUT2D eigenvalue weighted by Gasteiger charge is 2.12. The van der Waals surface area contributed by atoms with E-state index in [2.05, 4.69) is 15.4 Å². The standard InChI is InChI=1S/C20H22N4O2/c1-14-3-4-18(11-21-14)15(2)23-20(26)17-7-5-16(6-8-17)19-12-22-24(13-19)9-10-25/h3-8,11-13,15,25H,9-10H2,1-2H3,(H,23,26)/t15-/m0/s1. The Balaban J connectivity index is 1.67. The fourth-order valence-corrected chi connectivity index (χ4v) is 2.65. The Bertz CT molecular complexity index is 870. The number of aromatic nitrogens is 3. The van der Waals surface area contributed by atoms with Crippen molar-refractivity contribution in [2.24, 2.45) is 0 Å². The number of nitrogens with one attached hydrogen (secondary N) is 1. The first-order valence-electron chi connectivity index (χ1n) is 8.54. The minimum absolute atomic E-state index is 0.0505. The minimum atomic E-state index is -0.124. The first-order valence-corrected chi connectivity index (χ1v) is 8.54. The van der Waals surface area contributed by atoms with E-state index in [1.165, 1.54) is 0 Å². The van der Waals surface area contributed by atoms with Crippen molar-refractivity contribution in [1.82, 2.24) is 20.1 Å². The first-order chi connectivity index (χ1) is 12.6. The van der Waals surface area contributed by atoms with Crippen LogP contribution >= 0.6 is 0 Å². The number of carbonyl (C=O) groups excluding carboxylic acids is 1. The van der Waals surface area contributed by atoms with Crippen LogP contribution in [0.4, 0.5) is 0 Å². The van der Waals surface area contributed by atoms with Gasteiger partial charge in [0.25, 0.3) is 5.91 Å². The Labute approximate surface area is 152 Å². The highest BCUT2D eigenvalue weighted by molar-refractivity contribution is 5.94. The lowest BCUT2D eigenvalue weighted by Gasteiger charge is -2.14. The molecule has 0 unspecified atom stereocenters. The van der Waals surface area contributed by atoms with E-state index in [4.69, 9.17) is 5.11 Å². The molecule has 3 rings (SSSR count). The molecule has 0 saturated heterocycles. The van der Waals surface area contributed by atoms with E-state index >= 15 is 0 Å². The van der Waals surface area contributed by atoms with Gasteiger partial charge in [-0.3, -0.25) is 14.5 Å². The second-order valence-electron chi connectivity index (χ2n) is 6.22. The third-order valence-corrected chi connectivity index (χ3v) is 4.22. The number of aliphatic hydroxyl groups excluding tert-OH is 1. The van der Waals surface area contributed by atoms with Crippen molar-refractivity contribution in [3.63, 3.8) is 0 Å². The summed E-state index contributed by atoms with van der Waals surface area (Å²) >= 11 is 0. The number of carbonyl (C=O) groups is 1. The minimum Gasteiger partial charge on any atom is -0.394 e. The highest BCUT2D eigenvalue weighted by atomic mass is 16.3. The molecule has 134 valence electrons. The first kappa shape index (κ1) is 17.8. The zero-order valence-electron chi connectivity index (χ0n) is 14.9. The number of amides is 1. The predicted molar refractivity (Wildman–Crippen MR) is 99.6 cm³/mol. The molecule has 0 fully saturated rings. The number of rotatable bonds is 6. The summed E-state index contributed by atoms with van der Waals surface area (Å²) in [5, 5.41) is 16.1. The molecule has 1 aromatic carbocycles. The van der Waals surface area contributed by atoms with Crippen molar-refractivity contribution in [3.05, 3.63) is 71.8 Å². The molecule has 1 atom stereocenters. The topological polar surface area (TPSA) is 80.0 Å². The third-order valence-electron chi connectivity index (χ3n) is 4.22. The predicted octanol–water partition coefficient (Wildman–Crippen LogP) is 2.74. The summed E-state index contributed by atoms with van der Waals surface area (Å²) in [6.45, 7) is 4.39. The Morgan fingerprint density at radius 1 is 1.15 bits per heavy atom. The molecule has 1 amide bonds. The van der Waals surface area contributed by atoms with Gasteiger partial charge in [0.2, 0.25) is 0 Å². The number of aryl methyl sites for hydroxylation is 1. The second-order valence-corrected chi connectivity index (χ2v) is 6.22. The molecule has 26 heavy (non-hydrogen) atoms. The lowest BCUT2D eigenvalue weighted by atomic mass is 10.1. The molecule has 0 aliphatic rings. The molecule has 6 heteroatoms. The van der Waals surface area contributed by atoms with Crippen molar-refractivity contribution < 1.29 is 9.90 Å². The SMILES string of the molecule is Cc1ccc([C@H](C)NC(=O)c2ccc(-c3cnn(CCO)c3)cc2)cn1. The van der Waals surface area contributed by atoms with Gasteiger partial charge in [0.1, 0.15) is 0 Å². The molecule has 6 nitrogen and oxygen atoms in total. The number of pyridine rings is 1. The maximum Gasteiger partial charge on any atom is 0.251 e. The largest absolute Gasteiger partial charge is 0.394 e. The van der Waals surface area contributed by atoms with Crippen LogP contribution in [0.5, 0.6) is 0 Å². The zero-order valence-corrected chi connectivity index (χ0v) is 14.9. The monoisotopic (exact) mass is 350 g/mol. The molecule has 0 spiro atoms. The van der Waals surface area contributed by atoms with E-state index in [0.717, 1.165) is 22.4 Å². The quantitative estimate of drug-likeness (QED) is 0.716. The maximum atomic E-state index is 12.5. The van der Waals surface area contributed by atoms with E-state index in [1.807, 2.05) is 44.3 Å². The van der Waals surface area contributed by atoms with Crippen molar-refractivity contribution in [3.8, 4) is 11.1 Å². The van der Waals surface area contributed by atoms with Crippen molar-refractivity contribution in [2.75, 3.05) is 6.61 Å².